The van der Waals surface area contributed by atoms with Gasteiger partial charge in [0.25, 0.3) is 0 Å². The number of anilines is 1. The van der Waals surface area contributed by atoms with Crippen molar-refractivity contribution >= 4 is 27.6 Å². The molecule has 1 aliphatic rings. The highest BCUT2D eigenvalue weighted by atomic mass is 16.5. The van der Waals surface area contributed by atoms with Gasteiger partial charge in [-0.25, -0.2) is 4.98 Å². The first kappa shape index (κ1) is 21.7. The largest absolute Gasteiger partial charge is 0.497 e. The quantitative estimate of drug-likeness (QED) is 0.463. The number of fused-ring (bicyclic) bond motifs is 2. The first-order chi connectivity index (χ1) is 15.9. The molecule has 2 atom stereocenters. The molecule has 1 saturated heterocycles. The molecule has 1 aliphatic heterocycles. The summed E-state index contributed by atoms with van der Waals surface area (Å²) >= 11 is 0. The van der Waals surface area contributed by atoms with Gasteiger partial charge in [-0.3, -0.25) is 5.10 Å². The van der Waals surface area contributed by atoms with E-state index in [4.69, 9.17) is 14.5 Å². The second-order valence-corrected chi connectivity index (χ2v) is 9.26. The molecule has 174 valence electrons. The Balaban J connectivity index is 1.44. The van der Waals surface area contributed by atoms with Gasteiger partial charge in [0.15, 0.2) is 5.82 Å². The van der Waals surface area contributed by atoms with Gasteiger partial charge in [0.2, 0.25) is 0 Å². The number of hydrogen-bond donors (Lipinski definition) is 2. The Hall–Kier alpha value is -3.10. The maximum atomic E-state index is 6.14. The zero-order valence-electron chi connectivity index (χ0n) is 19.9. The predicted octanol–water partition coefficient (Wildman–Crippen LogP) is 4.05. The molecule has 0 radical (unpaired) electrons. The highest BCUT2D eigenvalue weighted by Gasteiger charge is 2.28. The van der Waals surface area contributed by atoms with E-state index in [2.05, 4.69) is 71.0 Å². The molecule has 4 aromatic rings. The number of H-pyrrole nitrogens is 2. The van der Waals surface area contributed by atoms with Crippen LogP contribution in [0.4, 0.5) is 5.69 Å². The van der Waals surface area contributed by atoms with Gasteiger partial charge in [0.05, 0.1) is 36.4 Å². The van der Waals surface area contributed by atoms with E-state index in [1.54, 1.807) is 7.11 Å². The van der Waals surface area contributed by atoms with Gasteiger partial charge in [0.1, 0.15) is 11.4 Å². The molecule has 8 nitrogen and oxygen atoms in total. The SMILES string of the molecule is COc1ccc2[nH]nc(-c3nc4ccc(N5C[C@@H](CN(C)C(C)C)OC[C@@H]5C)cc4[nH]3)c2c1. The summed E-state index contributed by atoms with van der Waals surface area (Å²) in [5.41, 5.74) is 4.84. The summed E-state index contributed by atoms with van der Waals surface area (Å²) in [6, 6.07) is 13.1. The first-order valence-corrected chi connectivity index (χ1v) is 11.5. The van der Waals surface area contributed by atoms with E-state index < -0.39 is 0 Å². The van der Waals surface area contributed by atoms with Crippen molar-refractivity contribution in [1.82, 2.24) is 25.1 Å². The number of nitrogens with zero attached hydrogens (tertiary/aromatic N) is 4. The van der Waals surface area contributed by atoms with Crippen molar-refractivity contribution in [2.75, 3.05) is 38.8 Å². The Kier molecular flexibility index (Phi) is 5.72. The van der Waals surface area contributed by atoms with Gasteiger partial charge in [-0.1, -0.05) is 0 Å². The number of imidazole rings is 1. The minimum Gasteiger partial charge on any atom is -0.497 e. The van der Waals surface area contributed by atoms with Gasteiger partial charge in [-0.05, 0) is 64.2 Å². The van der Waals surface area contributed by atoms with E-state index in [1.165, 1.54) is 5.69 Å². The number of aromatic nitrogens is 4. The fraction of sp³-hybridized carbons (Fsp3) is 0.440. The maximum absolute atomic E-state index is 6.14. The number of rotatable bonds is 6. The summed E-state index contributed by atoms with van der Waals surface area (Å²) in [6.45, 7) is 9.16. The third kappa shape index (κ3) is 4.16. The second kappa shape index (κ2) is 8.68. The molecule has 0 unspecified atom stereocenters. The summed E-state index contributed by atoms with van der Waals surface area (Å²) in [5, 5.41) is 8.57. The van der Waals surface area contributed by atoms with E-state index in [0.717, 1.165) is 58.9 Å². The lowest BCUT2D eigenvalue weighted by Gasteiger charge is -2.41. The Bertz CT molecular complexity index is 1260. The molecule has 0 bridgehead atoms. The van der Waals surface area contributed by atoms with Crippen LogP contribution in [-0.4, -0.2) is 77.1 Å². The Labute approximate surface area is 193 Å². The number of benzene rings is 2. The molecular weight excluding hydrogens is 416 g/mol. The summed E-state index contributed by atoms with van der Waals surface area (Å²) < 4.78 is 11.5. The molecule has 2 N–H and O–H groups in total. The van der Waals surface area contributed by atoms with Crippen molar-refractivity contribution in [3.8, 4) is 17.3 Å². The molecule has 0 aliphatic carbocycles. The van der Waals surface area contributed by atoms with Gasteiger partial charge in [-0.2, -0.15) is 5.10 Å². The van der Waals surface area contributed by atoms with Gasteiger partial charge in [-0.15, -0.1) is 0 Å². The van der Waals surface area contributed by atoms with Crippen molar-refractivity contribution in [2.45, 2.75) is 39.0 Å². The fourth-order valence-electron chi connectivity index (χ4n) is 4.41. The van der Waals surface area contributed by atoms with Crippen LogP contribution in [0.3, 0.4) is 0 Å². The fourth-order valence-corrected chi connectivity index (χ4v) is 4.41. The van der Waals surface area contributed by atoms with Crippen molar-refractivity contribution in [3.05, 3.63) is 36.4 Å². The molecule has 8 heteroatoms. The Morgan fingerprint density at radius 3 is 2.85 bits per heavy atom. The lowest BCUT2D eigenvalue weighted by Crippen LogP contribution is -2.52. The molecular formula is C25H32N6O2. The zero-order valence-corrected chi connectivity index (χ0v) is 19.9. The van der Waals surface area contributed by atoms with Crippen LogP contribution < -0.4 is 9.64 Å². The van der Waals surface area contributed by atoms with Crippen LogP contribution in [0.5, 0.6) is 5.75 Å². The third-order valence-corrected chi connectivity index (χ3v) is 6.67. The number of nitrogens with one attached hydrogen (secondary N) is 2. The van der Waals surface area contributed by atoms with Crippen molar-refractivity contribution < 1.29 is 9.47 Å². The average molecular weight is 449 g/mol. The molecule has 0 spiro atoms. The van der Waals surface area contributed by atoms with Crippen LogP contribution in [-0.2, 0) is 4.74 Å². The molecule has 0 saturated carbocycles. The van der Waals surface area contributed by atoms with Crippen molar-refractivity contribution in [1.29, 1.82) is 0 Å². The minimum absolute atomic E-state index is 0.187. The van der Waals surface area contributed by atoms with E-state index >= 15 is 0 Å². The molecule has 2 aromatic heterocycles. The van der Waals surface area contributed by atoms with Crippen LogP contribution >= 0.6 is 0 Å². The normalized spacial score (nSPS) is 19.3. The summed E-state index contributed by atoms with van der Waals surface area (Å²) in [5.74, 6) is 1.54. The summed E-state index contributed by atoms with van der Waals surface area (Å²) in [6.07, 6.45) is 0.187. The highest BCUT2D eigenvalue weighted by Crippen LogP contribution is 2.31. The Morgan fingerprint density at radius 1 is 1.21 bits per heavy atom. The van der Waals surface area contributed by atoms with Gasteiger partial charge >= 0.3 is 0 Å². The standard InChI is InChI=1S/C25H32N6O2/c1-15(2)30(4)12-19-13-31(16(3)14-33-19)17-6-8-22-23(10-17)27-25(26-22)24-20-11-18(32-5)7-9-21(20)28-29-24/h6-11,15-16,19H,12-14H2,1-5H3,(H,26,27)(H,28,29)/t16-,19+/m0/s1. The van der Waals surface area contributed by atoms with Crippen LogP contribution in [0.15, 0.2) is 36.4 Å². The number of aromatic amines is 2. The van der Waals surface area contributed by atoms with Gasteiger partial charge < -0.3 is 24.3 Å². The number of methoxy groups -OCH3 is 1. The first-order valence-electron chi connectivity index (χ1n) is 11.5. The number of likely N-dealkylation sites (N-methyl/N-ethyl adjacent to an activating group) is 1. The number of hydrogen-bond acceptors (Lipinski definition) is 6. The molecule has 1 fully saturated rings. The maximum Gasteiger partial charge on any atom is 0.159 e. The monoisotopic (exact) mass is 448 g/mol. The van der Waals surface area contributed by atoms with Crippen LogP contribution in [0, 0.1) is 0 Å². The van der Waals surface area contributed by atoms with E-state index in [-0.39, 0.29) is 6.10 Å². The van der Waals surface area contributed by atoms with Crippen molar-refractivity contribution in [3.63, 3.8) is 0 Å². The number of ether oxygens (including phenoxy) is 2. The van der Waals surface area contributed by atoms with Gasteiger partial charge in [0, 0.05) is 36.2 Å². The predicted molar refractivity (Wildman–Crippen MR) is 132 cm³/mol. The third-order valence-electron chi connectivity index (χ3n) is 6.67. The average Bonchev–Trinajstić information content (AvgIpc) is 3.42. The molecule has 5 rings (SSSR count). The second-order valence-electron chi connectivity index (χ2n) is 9.26. The highest BCUT2D eigenvalue weighted by molar-refractivity contribution is 5.94. The van der Waals surface area contributed by atoms with Crippen LogP contribution in [0.25, 0.3) is 33.5 Å². The van der Waals surface area contributed by atoms with E-state index in [0.29, 0.717) is 12.1 Å². The Morgan fingerprint density at radius 2 is 2.06 bits per heavy atom. The smallest absolute Gasteiger partial charge is 0.159 e. The van der Waals surface area contributed by atoms with Crippen LogP contribution in [0.2, 0.25) is 0 Å². The van der Waals surface area contributed by atoms with Crippen LogP contribution in [0.1, 0.15) is 20.8 Å². The lowest BCUT2D eigenvalue weighted by molar-refractivity contribution is 0.000769. The topological polar surface area (TPSA) is 82.3 Å². The summed E-state index contributed by atoms with van der Waals surface area (Å²) in [7, 11) is 3.82. The van der Waals surface area contributed by atoms with E-state index in [9.17, 15) is 0 Å². The molecule has 2 aromatic carbocycles. The molecule has 3 heterocycles. The van der Waals surface area contributed by atoms with E-state index in [1.807, 2.05) is 18.2 Å². The molecule has 33 heavy (non-hydrogen) atoms. The summed E-state index contributed by atoms with van der Waals surface area (Å²) in [4.78, 5) is 13.1. The minimum atomic E-state index is 0.187. The number of morpholine rings is 1. The van der Waals surface area contributed by atoms with Crippen molar-refractivity contribution in [2.24, 2.45) is 0 Å². The molecule has 0 amide bonds. The lowest BCUT2D eigenvalue weighted by atomic mass is 10.1. The zero-order chi connectivity index (χ0) is 23.1.